The van der Waals surface area contributed by atoms with E-state index in [9.17, 15) is 16.8 Å². The smallest absolute Gasteiger partial charge is 0.241 e. The molecule has 1 N–H and O–H groups in total. The van der Waals surface area contributed by atoms with Crippen LogP contribution in [0.15, 0.2) is 17.0 Å². The predicted octanol–water partition coefficient (Wildman–Crippen LogP) is 1.39. The molecule has 0 aliphatic carbocycles. The first-order valence-electron chi connectivity index (χ1n) is 6.43. The fourth-order valence-electron chi connectivity index (χ4n) is 2.00. The first-order chi connectivity index (χ1) is 9.36. The Labute approximate surface area is 127 Å². The first kappa shape index (κ1) is 17.9. The summed E-state index contributed by atoms with van der Waals surface area (Å²) in [7, 11) is -5.74. The highest BCUT2D eigenvalue weighted by Gasteiger charge is 2.22. The van der Waals surface area contributed by atoms with Crippen LogP contribution >= 0.6 is 0 Å². The van der Waals surface area contributed by atoms with Crippen molar-refractivity contribution in [1.29, 1.82) is 0 Å². The maximum Gasteiger partial charge on any atom is 0.241 e. The highest BCUT2D eigenvalue weighted by molar-refractivity contribution is 7.92. The number of sulfonamides is 2. The van der Waals surface area contributed by atoms with Gasteiger partial charge in [0, 0.05) is 13.1 Å². The Morgan fingerprint density at radius 2 is 1.57 bits per heavy atom. The van der Waals surface area contributed by atoms with Gasteiger partial charge in [-0.05, 0) is 44.9 Å². The van der Waals surface area contributed by atoms with Crippen molar-refractivity contribution in [2.75, 3.05) is 17.6 Å². The molecule has 1 aromatic carbocycles. The summed E-state index contributed by atoms with van der Waals surface area (Å²) in [4.78, 5) is 0.0901. The lowest BCUT2D eigenvalue weighted by Gasteiger charge is -2.21. The molecule has 6 nitrogen and oxygen atoms in total. The van der Waals surface area contributed by atoms with Crippen molar-refractivity contribution in [2.24, 2.45) is 0 Å². The molecule has 0 saturated carbocycles. The van der Waals surface area contributed by atoms with Gasteiger partial charge in [0.25, 0.3) is 0 Å². The lowest BCUT2D eigenvalue weighted by molar-refractivity contribution is 0.569. The van der Waals surface area contributed by atoms with Gasteiger partial charge in [-0.1, -0.05) is 6.07 Å². The standard InChI is InChI=1S/C13H22N2O4S2/c1-9(2)14-21(18,19)13-8-12(10(3)7-11(13)4)15(5)20(6,16)17/h7-9,14H,1-6H3. The van der Waals surface area contributed by atoms with Gasteiger partial charge in [0.2, 0.25) is 20.0 Å². The Bertz CT molecular complexity index is 738. The van der Waals surface area contributed by atoms with Crippen LogP contribution in [0, 0.1) is 13.8 Å². The molecule has 0 spiro atoms. The molecule has 0 unspecified atom stereocenters. The zero-order valence-electron chi connectivity index (χ0n) is 13.1. The largest absolute Gasteiger partial charge is 0.273 e. The Morgan fingerprint density at radius 3 is 2.00 bits per heavy atom. The molecule has 1 rings (SSSR count). The summed E-state index contributed by atoms with van der Waals surface area (Å²) in [6.45, 7) is 6.89. The number of aryl methyl sites for hydroxylation is 2. The Hall–Kier alpha value is -1.12. The van der Waals surface area contributed by atoms with Gasteiger partial charge in [0.1, 0.15) is 0 Å². The van der Waals surface area contributed by atoms with Gasteiger partial charge < -0.3 is 0 Å². The minimum absolute atomic E-state index is 0.0901. The average Bonchev–Trinajstić information content (AvgIpc) is 2.24. The number of benzene rings is 1. The van der Waals surface area contributed by atoms with Crippen molar-refractivity contribution in [1.82, 2.24) is 4.72 Å². The Balaban J connectivity index is 3.51. The molecule has 8 heteroatoms. The minimum Gasteiger partial charge on any atom is -0.273 e. The van der Waals surface area contributed by atoms with Gasteiger partial charge in [0.05, 0.1) is 16.8 Å². The van der Waals surface area contributed by atoms with Crippen molar-refractivity contribution in [3.05, 3.63) is 23.3 Å². The summed E-state index contributed by atoms with van der Waals surface area (Å²) >= 11 is 0. The van der Waals surface area contributed by atoms with Crippen molar-refractivity contribution >= 4 is 25.7 Å². The summed E-state index contributed by atoms with van der Waals surface area (Å²) in [5.41, 5.74) is 1.63. The van der Waals surface area contributed by atoms with Crippen LogP contribution < -0.4 is 9.03 Å². The second-order valence-corrected chi connectivity index (χ2v) is 9.11. The number of anilines is 1. The van der Waals surface area contributed by atoms with Gasteiger partial charge in [-0.25, -0.2) is 21.6 Å². The summed E-state index contributed by atoms with van der Waals surface area (Å²) in [6.07, 6.45) is 1.08. The normalized spacial score (nSPS) is 12.7. The van der Waals surface area contributed by atoms with E-state index in [1.54, 1.807) is 33.8 Å². The van der Waals surface area contributed by atoms with E-state index in [0.717, 1.165) is 10.6 Å². The molecule has 0 atom stereocenters. The van der Waals surface area contributed by atoms with Gasteiger partial charge in [-0.3, -0.25) is 4.31 Å². The Kier molecular flexibility index (Phi) is 5.07. The second-order valence-electron chi connectivity index (χ2n) is 5.41. The summed E-state index contributed by atoms with van der Waals surface area (Å²) in [6, 6.07) is 2.83. The minimum atomic E-state index is -3.68. The number of nitrogens with one attached hydrogen (secondary N) is 1. The van der Waals surface area contributed by atoms with Crippen molar-refractivity contribution in [3.63, 3.8) is 0 Å². The maximum atomic E-state index is 12.3. The van der Waals surface area contributed by atoms with Crippen LogP contribution in [-0.4, -0.2) is 36.2 Å². The van der Waals surface area contributed by atoms with E-state index in [0.29, 0.717) is 16.8 Å². The molecule has 0 aliphatic heterocycles. The zero-order valence-corrected chi connectivity index (χ0v) is 14.8. The van der Waals surface area contributed by atoms with Crippen LogP contribution in [0.4, 0.5) is 5.69 Å². The lowest BCUT2D eigenvalue weighted by Crippen LogP contribution is -2.31. The van der Waals surface area contributed by atoms with Gasteiger partial charge in [0.15, 0.2) is 0 Å². The highest BCUT2D eigenvalue weighted by atomic mass is 32.2. The molecular weight excluding hydrogens is 312 g/mol. The van der Waals surface area contributed by atoms with Crippen molar-refractivity contribution in [3.8, 4) is 0 Å². The second kappa shape index (κ2) is 5.94. The van der Waals surface area contributed by atoms with Crippen molar-refractivity contribution in [2.45, 2.75) is 38.6 Å². The molecule has 0 aliphatic rings. The molecule has 1 aromatic rings. The van der Waals surface area contributed by atoms with Crippen LogP contribution in [-0.2, 0) is 20.0 Å². The zero-order chi connectivity index (χ0) is 16.6. The number of nitrogens with zero attached hydrogens (tertiary/aromatic N) is 1. The molecule has 21 heavy (non-hydrogen) atoms. The molecule has 0 fully saturated rings. The molecule has 0 aromatic heterocycles. The third kappa shape index (κ3) is 4.18. The van der Waals surface area contributed by atoms with Crippen LogP contribution in [0.3, 0.4) is 0 Å². The average molecular weight is 334 g/mol. The van der Waals surface area contributed by atoms with Gasteiger partial charge in [-0.15, -0.1) is 0 Å². The predicted molar refractivity (Wildman–Crippen MR) is 84.6 cm³/mol. The SMILES string of the molecule is Cc1cc(C)c(S(=O)(=O)NC(C)C)cc1N(C)S(C)(=O)=O. The summed E-state index contributed by atoms with van der Waals surface area (Å²) in [5, 5.41) is 0. The molecule has 120 valence electrons. The van der Waals surface area contributed by atoms with E-state index in [1.165, 1.54) is 13.1 Å². The third-order valence-corrected chi connectivity index (χ3v) is 6.00. The number of hydrogen-bond donors (Lipinski definition) is 1. The molecule has 0 amide bonds. The monoisotopic (exact) mass is 334 g/mol. The van der Waals surface area contributed by atoms with E-state index in [4.69, 9.17) is 0 Å². The first-order valence-corrected chi connectivity index (χ1v) is 9.77. The maximum absolute atomic E-state index is 12.3. The molecule has 0 heterocycles. The number of rotatable bonds is 5. The molecule has 0 bridgehead atoms. The molecule has 0 radical (unpaired) electrons. The van der Waals surface area contributed by atoms with Gasteiger partial charge >= 0.3 is 0 Å². The summed E-state index contributed by atoms with van der Waals surface area (Å²) in [5.74, 6) is 0. The molecule has 0 saturated heterocycles. The topological polar surface area (TPSA) is 83.6 Å². The van der Waals surface area contributed by atoms with E-state index in [-0.39, 0.29) is 10.9 Å². The van der Waals surface area contributed by atoms with Crippen molar-refractivity contribution < 1.29 is 16.8 Å². The highest BCUT2D eigenvalue weighted by Crippen LogP contribution is 2.28. The lowest BCUT2D eigenvalue weighted by atomic mass is 10.1. The van der Waals surface area contributed by atoms with Crippen LogP contribution in [0.2, 0.25) is 0 Å². The number of hydrogen-bond acceptors (Lipinski definition) is 4. The van der Waals surface area contributed by atoms with E-state index >= 15 is 0 Å². The van der Waals surface area contributed by atoms with E-state index in [1.807, 2.05) is 0 Å². The van der Waals surface area contributed by atoms with Crippen LogP contribution in [0.25, 0.3) is 0 Å². The quantitative estimate of drug-likeness (QED) is 0.882. The van der Waals surface area contributed by atoms with Crippen LogP contribution in [0.5, 0.6) is 0 Å². The van der Waals surface area contributed by atoms with E-state index in [2.05, 4.69) is 4.72 Å². The van der Waals surface area contributed by atoms with Crippen LogP contribution in [0.1, 0.15) is 25.0 Å². The fraction of sp³-hybridized carbons (Fsp3) is 0.538. The molecular formula is C13H22N2O4S2. The van der Waals surface area contributed by atoms with Gasteiger partial charge in [-0.2, -0.15) is 0 Å². The fourth-order valence-corrected chi connectivity index (χ4v) is 4.05. The van der Waals surface area contributed by atoms with E-state index < -0.39 is 20.0 Å². The summed E-state index contributed by atoms with van der Waals surface area (Å²) < 4.78 is 51.6. The Morgan fingerprint density at radius 1 is 1.05 bits per heavy atom. The third-order valence-electron chi connectivity index (χ3n) is 3.01.